The van der Waals surface area contributed by atoms with Crippen LogP contribution in [0.15, 0.2) is 0 Å². The molecule has 0 N–H and O–H groups in total. The average Bonchev–Trinajstić information content (AvgIpc) is 2.58. The first kappa shape index (κ1) is 32.9. The summed E-state index contributed by atoms with van der Waals surface area (Å²) >= 11 is 0. The average molecular weight is 442 g/mol. The largest absolute Gasteiger partial charge is 0.0619 e. The molecule has 0 aromatic rings. The summed E-state index contributed by atoms with van der Waals surface area (Å²) in [5.41, 5.74) is 0. The summed E-state index contributed by atoms with van der Waals surface area (Å²) in [6.45, 7) is 28.0. The molecule has 0 nitrogen and oxygen atoms in total. The van der Waals surface area contributed by atoms with Gasteiger partial charge in [0.05, 0.1) is 49.3 Å². The fourth-order valence-corrected chi connectivity index (χ4v) is 11.7. The minimum Gasteiger partial charge on any atom is -0.0619 e. The predicted molar refractivity (Wildman–Crippen MR) is 147 cm³/mol. The van der Waals surface area contributed by atoms with Crippen LogP contribution in [0.2, 0.25) is 0 Å². The zero-order chi connectivity index (χ0) is 22.0. The van der Waals surface area contributed by atoms with Crippen molar-refractivity contribution in [1.82, 2.24) is 0 Å². The first-order valence-corrected chi connectivity index (χ1v) is 20.6. The molecule has 0 saturated heterocycles. The first-order chi connectivity index (χ1) is 12.5. The molecule has 0 bridgehead atoms. The Balaban J connectivity index is -0.000000356. The molecule has 0 aromatic heterocycles. The summed E-state index contributed by atoms with van der Waals surface area (Å²) in [7, 11) is -1.30. The Bertz CT molecular complexity index is 237. The topological polar surface area (TPSA) is 0 Å². The molecule has 168 valence electrons. The summed E-state index contributed by atoms with van der Waals surface area (Å²) in [6, 6.07) is 0. The Labute approximate surface area is 178 Å². The van der Waals surface area contributed by atoms with Crippen molar-refractivity contribution < 1.29 is 0 Å². The van der Waals surface area contributed by atoms with E-state index in [0.717, 1.165) is 0 Å². The van der Waals surface area contributed by atoms with Crippen LogP contribution in [0, 0.1) is 0 Å². The molecule has 0 atom stereocenters. The second-order valence-corrected chi connectivity index (χ2v) is 24.6. The van der Waals surface area contributed by atoms with Crippen LogP contribution in [0.5, 0.6) is 0 Å². The van der Waals surface area contributed by atoms with E-state index >= 15 is 0 Å². The van der Waals surface area contributed by atoms with Crippen LogP contribution in [-0.4, -0.2) is 76.0 Å². The van der Waals surface area contributed by atoms with Gasteiger partial charge in [0.25, 0.3) is 0 Å². The van der Waals surface area contributed by atoms with E-state index in [2.05, 4.69) is 82.0 Å². The Hall–Kier alpha value is 1.29. The van der Waals surface area contributed by atoms with Gasteiger partial charge in [-0.05, 0) is 53.4 Å². The third-order valence-electron chi connectivity index (χ3n) is 5.48. The van der Waals surface area contributed by atoms with Crippen LogP contribution in [0.4, 0.5) is 0 Å². The predicted octanol–water partition coefficient (Wildman–Crippen LogP) is 9.25. The van der Waals surface area contributed by atoms with Gasteiger partial charge in [-0.1, -0.05) is 27.7 Å². The van der Waals surface area contributed by atoms with Crippen molar-refractivity contribution in [2.24, 2.45) is 0 Å². The van der Waals surface area contributed by atoms with Crippen molar-refractivity contribution in [2.45, 2.75) is 81.1 Å². The summed E-state index contributed by atoms with van der Waals surface area (Å²) in [6.07, 6.45) is 17.7. The van der Waals surface area contributed by atoms with Gasteiger partial charge in [0.15, 0.2) is 0 Å². The second kappa shape index (κ2) is 19.3. The summed E-state index contributed by atoms with van der Waals surface area (Å²) in [5, 5.41) is 0. The van der Waals surface area contributed by atoms with Gasteiger partial charge < -0.3 is 0 Å². The van der Waals surface area contributed by atoms with Crippen LogP contribution in [0.25, 0.3) is 0 Å². The monoisotopic (exact) mass is 441 g/mol. The summed E-state index contributed by atoms with van der Waals surface area (Å²) in [4.78, 5) is 0. The lowest BCUT2D eigenvalue weighted by Gasteiger charge is -2.26. The van der Waals surface area contributed by atoms with Crippen LogP contribution in [0.3, 0.4) is 0 Å². The lowest BCUT2D eigenvalue weighted by Crippen LogP contribution is -2.10. The van der Waals surface area contributed by atoms with Crippen LogP contribution < -0.4 is 0 Å². The molecule has 0 radical (unpaired) electrons. The van der Waals surface area contributed by atoms with Gasteiger partial charge in [0.2, 0.25) is 0 Å². The molecule has 0 aliphatic rings. The maximum Gasteiger partial charge on any atom is 0.0591 e. The lowest BCUT2D eigenvalue weighted by molar-refractivity contribution is 0.963. The molecule has 0 amide bonds. The molecular formula is C24H60P3+3. The van der Waals surface area contributed by atoms with Gasteiger partial charge in [-0.2, -0.15) is 0 Å². The Kier molecular flexibility index (Phi) is 23.5. The first-order valence-electron chi connectivity index (χ1n) is 12.0. The van der Waals surface area contributed by atoms with E-state index in [4.69, 9.17) is 0 Å². The third-order valence-corrected chi connectivity index (χ3v) is 16.4. The van der Waals surface area contributed by atoms with Gasteiger partial charge in [0, 0.05) is 48.4 Å². The minimum atomic E-state index is -0.496. The Morgan fingerprint density at radius 3 is 0.630 bits per heavy atom. The van der Waals surface area contributed by atoms with Gasteiger partial charge in [-0.15, -0.1) is 0 Å². The van der Waals surface area contributed by atoms with E-state index in [-0.39, 0.29) is 7.26 Å². The van der Waals surface area contributed by atoms with Crippen molar-refractivity contribution in [3.05, 3.63) is 0 Å². The molecule has 0 heterocycles. The zero-order valence-corrected chi connectivity index (χ0v) is 24.5. The normalized spacial score (nSPS) is 12.0. The van der Waals surface area contributed by atoms with Crippen molar-refractivity contribution in [2.75, 3.05) is 76.0 Å². The molecule has 0 rings (SSSR count). The van der Waals surface area contributed by atoms with E-state index in [0.29, 0.717) is 0 Å². The van der Waals surface area contributed by atoms with E-state index in [9.17, 15) is 0 Å². The zero-order valence-electron chi connectivity index (χ0n) is 21.8. The maximum atomic E-state index is 2.36. The van der Waals surface area contributed by atoms with Gasteiger partial charge in [-0.25, -0.2) is 0 Å². The number of hydrogen-bond donors (Lipinski definition) is 0. The molecule has 0 aliphatic heterocycles. The quantitative estimate of drug-likeness (QED) is 0.265. The Morgan fingerprint density at radius 1 is 0.370 bits per heavy atom. The highest BCUT2D eigenvalue weighted by molar-refractivity contribution is 7.76. The maximum absolute atomic E-state index is 2.36. The lowest BCUT2D eigenvalue weighted by atomic mass is 10.5. The van der Waals surface area contributed by atoms with E-state index in [1.807, 2.05) is 0 Å². The minimum absolute atomic E-state index is 0.389. The van der Waals surface area contributed by atoms with Crippen molar-refractivity contribution in [3.63, 3.8) is 0 Å². The number of rotatable bonds is 12. The highest BCUT2D eigenvalue weighted by atomic mass is 31.2. The van der Waals surface area contributed by atoms with Crippen molar-refractivity contribution in [3.8, 4) is 0 Å². The SMILES string of the molecule is CCC[P+](CCC)(CCC)CCC.CC[P+](CC)(CC)CC.C[P+](C)(C)C. The van der Waals surface area contributed by atoms with Gasteiger partial charge in [0.1, 0.15) is 0 Å². The molecule has 3 heteroatoms. The standard InChI is InChI=1S/C12H28P.C8H20P.C4H12P/c1-5-9-13(10-6-2,11-7-3)12-8-4;1-5-9(6-2,7-3)8-4;1-5(2,3)4/h5-12H2,1-4H3;5-8H2,1-4H3;1-4H3/q3*+1. The number of hydrogen-bond acceptors (Lipinski definition) is 0. The molecule has 0 aliphatic carbocycles. The molecule has 0 aromatic carbocycles. The van der Waals surface area contributed by atoms with Crippen molar-refractivity contribution in [1.29, 1.82) is 0 Å². The smallest absolute Gasteiger partial charge is 0.0591 e. The van der Waals surface area contributed by atoms with E-state index < -0.39 is 14.5 Å². The third kappa shape index (κ3) is 20.3. The molecule has 0 spiro atoms. The summed E-state index contributed by atoms with van der Waals surface area (Å²) < 4.78 is 0. The fourth-order valence-electron chi connectivity index (χ4n) is 3.91. The molecule has 0 saturated carbocycles. The Morgan fingerprint density at radius 2 is 0.556 bits per heavy atom. The van der Waals surface area contributed by atoms with E-state index in [1.54, 1.807) is 24.6 Å². The molecule has 27 heavy (non-hydrogen) atoms. The molecule has 0 fully saturated rings. The molecular weight excluding hydrogens is 381 g/mol. The van der Waals surface area contributed by atoms with E-state index in [1.165, 1.54) is 50.3 Å². The highest BCUT2D eigenvalue weighted by Gasteiger charge is 2.32. The van der Waals surface area contributed by atoms with Crippen LogP contribution in [-0.2, 0) is 0 Å². The van der Waals surface area contributed by atoms with Gasteiger partial charge in [-0.3, -0.25) is 0 Å². The second-order valence-electron chi connectivity index (χ2n) is 9.53. The van der Waals surface area contributed by atoms with Crippen LogP contribution in [0.1, 0.15) is 81.1 Å². The highest BCUT2D eigenvalue weighted by Crippen LogP contribution is 2.60. The van der Waals surface area contributed by atoms with Crippen molar-refractivity contribution >= 4 is 21.8 Å². The molecule has 0 unspecified atom stereocenters. The fraction of sp³-hybridized carbons (Fsp3) is 1.00. The van der Waals surface area contributed by atoms with Gasteiger partial charge >= 0.3 is 0 Å². The van der Waals surface area contributed by atoms with Crippen LogP contribution >= 0.6 is 21.8 Å². The summed E-state index contributed by atoms with van der Waals surface area (Å²) in [5.74, 6) is 0.